The number of nitrogens with one attached hydrogen (secondary N) is 1. The van der Waals surface area contributed by atoms with Gasteiger partial charge in [-0.3, -0.25) is 24.0 Å². The van der Waals surface area contributed by atoms with E-state index in [4.69, 9.17) is 9.57 Å². The number of rotatable bonds is 7. The number of hydroxylamine groups is 2. The van der Waals surface area contributed by atoms with Gasteiger partial charge in [0, 0.05) is 23.6 Å². The lowest BCUT2D eigenvalue weighted by Gasteiger charge is -2.29. The molecule has 2 aliphatic heterocycles. The zero-order chi connectivity index (χ0) is 24.9. The first-order chi connectivity index (χ1) is 16.1. The van der Waals surface area contributed by atoms with Crippen LogP contribution in [0.15, 0.2) is 24.3 Å². The van der Waals surface area contributed by atoms with Crippen LogP contribution in [-0.4, -0.2) is 83.5 Å². The van der Waals surface area contributed by atoms with Gasteiger partial charge in [-0.2, -0.15) is 24.9 Å². The van der Waals surface area contributed by atoms with E-state index < -0.39 is 47.5 Å². The molecule has 1 N–H and O–H groups in total. The van der Waals surface area contributed by atoms with Crippen LogP contribution in [0.3, 0.4) is 0 Å². The molecule has 2 aliphatic rings. The number of carbonyl (C=O) groups is 4. The number of ether oxygens (including phenoxy) is 1. The third-order valence-electron chi connectivity index (χ3n) is 5.17. The van der Waals surface area contributed by atoms with Gasteiger partial charge in [0.15, 0.2) is 0 Å². The van der Waals surface area contributed by atoms with Crippen LogP contribution in [0, 0.1) is 0 Å². The molecule has 1 aromatic rings. The van der Waals surface area contributed by atoms with Crippen LogP contribution in [0.5, 0.6) is 0 Å². The SMILES string of the molecule is CCON(C(=O)CN1CCSCC(NC(=O)c2cccc(C(F)(F)F)c2)C1=O)C1COC(=O)C1. The van der Waals surface area contributed by atoms with Gasteiger partial charge in [-0.1, -0.05) is 6.07 Å². The predicted octanol–water partition coefficient (Wildman–Crippen LogP) is 1.47. The normalized spacial score (nSPS) is 21.1. The molecule has 0 aromatic heterocycles. The third kappa shape index (κ3) is 6.41. The largest absolute Gasteiger partial charge is 0.463 e. The van der Waals surface area contributed by atoms with Gasteiger partial charge in [0.2, 0.25) is 5.91 Å². The Labute approximate surface area is 197 Å². The van der Waals surface area contributed by atoms with Crippen molar-refractivity contribution in [3.8, 4) is 0 Å². The van der Waals surface area contributed by atoms with Crippen LogP contribution in [0.1, 0.15) is 29.3 Å². The van der Waals surface area contributed by atoms with Gasteiger partial charge in [0.1, 0.15) is 25.2 Å². The smallest absolute Gasteiger partial charge is 0.416 e. The molecule has 2 saturated heterocycles. The highest BCUT2D eigenvalue weighted by Crippen LogP contribution is 2.29. The Morgan fingerprint density at radius 1 is 1.32 bits per heavy atom. The van der Waals surface area contributed by atoms with Crippen molar-refractivity contribution >= 4 is 35.5 Å². The molecule has 2 unspecified atom stereocenters. The maximum Gasteiger partial charge on any atom is 0.416 e. The molecule has 0 bridgehead atoms. The predicted molar refractivity (Wildman–Crippen MR) is 114 cm³/mol. The quantitative estimate of drug-likeness (QED) is 0.444. The average molecular weight is 503 g/mol. The van der Waals surface area contributed by atoms with E-state index in [-0.39, 0.29) is 44.0 Å². The number of halogens is 3. The Morgan fingerprint density at radius 2 is 2.09 bits per heavy atom. The zero-order valence-corrected chi connectivity index (χ0v) is 19.1. The molecule has 186 valence electrons. The van der Waals surface area contributed by atoms with Crippen molar-refractivity contribution < 1.29 is 41.9 Å². The first-order valence-corrected chi connectivity index (χ1v) is 11.7. The maximum absolute atomic E-state index is 13.1. The van der Waals surface area contributed by atoms with Gasteiger partial charge in [0.05, 0.1) is 18.6 Å². The summed E-state index contributed by atoms with van der Waals surface area (Å²) in [7, 11) is 0. The first-order valence-electron chi connectivity index (χ1n) is 10.6. The van der Waals surface area contributed by atoms with Crippen LogP contribution in [-0.2, 0) is 30.1 Å². The van der Waals surface area contributed by atoms with Crippen LogP contribution in [0.4, 0.5) is 13.2 Å². The fourth-order valence-electron chi connectivity index (χ4n) is 3.52. The molecule has 9 nitrogen and oxygen atoms in total. The van der Waals surface area contributed by atoms with Crippen molar-refractivity contribution in [3.05, 3.63) is 35.4 Å². The lowest BCUT2D eigenvalue weighted by atomic mass is 10.1. The maximum atomic E-state index is 13.1. The number of amides is 3. The highest BCUT2D eigenvalue weighted by atomic mass is 32.2. The summed E-state index contributed by atoms with van der Waals surface area (Å²) >= 11 is 1.37. The van der Waals surface area contributed by atoms with E-state index in [9.17, 15) is 32.3 Å². The number of thioether (sulfide) groups is 1. The van der Waals surface area contributed by atoms with Crippen molar-refractivity contribution in [1.29, 1.82) is 0 Å². The van der Waals surface area contributed by atoms with Crippen LogP contribution >= 0.6 is 11.8 Å². The molecule has 0 saturated carbocycles. The van der Waals surface area contributed by atoms with Crippen molar-refractivity contribution in [2.75, 3.05) is 37.8 Å². The van der Waals surface area contributed by atoms with Gasteiger partial charge < -0.3 is 15.0 Å². The summed E-state index contributed by atoms with van der Waals surface area (Å²) in [6.45, 7) is 1.70. The highest BCUT2D eigenvalue weighted by molar-refractivity contribution is 7.99. The van der Waals surface area contributed by atoms with E-state index >= 15 is 0 Å². The number of carbonyl (C=O) groups excluding carboxylic acids is 4. The molecular formula is C21H24F3N3O6S. The van der Waals surface area contributed by atoms with E-state index in [1.807, 2.05) is 0 Å². The number of esters is 1. The molecule has 1 aromatic carbocycles. The summed E-state index contributed by atoms with van der Waals surface area (Å²) < 4.78 is 43.8. The second-order valence-electron chi connectivity index (χ2n) is 7.62. The van der Waals surface area contributed by atoms with Crippen LogP contribution in [0.25, 0.3) is 0 Å². The number of nitrogens with zero attached hydrogens (tertiary/aromatic N) is 2. The van der Waals surface area contributed by atoms with Gasteiger partial charge in [-0.05, 0) is 25.1 Å². The van der Waals surface area contributed by atoms with E-state index in [2.05, 4.69) is 5.32 Å². The minimum Gasteiger partial charge on any atom is -0.463 e. The van der Waals surface area contributed by atoms with Gasteiger partial charge in [-0.25, -0.2) is 5.06 Å². The number of alkyl halides is 3. The summed E-state index contributed by atoms with van der Waals surface area (Å²) in [4.78, 5) is 56.6. The fourth-order valence-corrected chi connectivity index (χ4v) is 4.50. The molecule has 2 atom stereocenters. The Morgan fingerprint density at radius 3 is 2.74 bits per heavy atom. The minimum atomic E-state index is -4.61. The van der Waals surface area contributed by atoms with Gasteiger partial charge >= 0.3 is 12.1 Å². The number of benzene rings is 1. The van der Waals surface area contributed by atoms with Crippen LogP contribution < -0.4 is 5.32 Å². The topological polar surface area (TPSA) is 105 Å². The molecule has 2 fully saturated rings. The molecule has 2 heterocycles. The average Bonchev–Trinajstić information content (AvgIpc) is 3.15. The fraction of sp³-hybridized carbons (Fsp3) is 0.524. The molecule has 13 heteroatoms. The summed E-state index contributed by atoms with van der Waals surface area (Å²) in [5.41, 5.74) is -1.20. The Kier molecular flexibility index (Phi) is 8.42. The zero-order valence-electron chi connectivity index (χ0n) is 18.3. The van der Waals surface area contributed by atoms with E-state index in [1.165, 1.54) is 22.7 Å². The van der Waals surface area contributed by atoms with E-state index in [1.54, 1.807) is 6.92 Å². The number of hydrogen-bond donors (Lipinski definition) is 1. The molecule has 0 spiro atoms. The van der Waals surface area contributed by atoms with Crippen molar-refractivity contribution in [1.82, 2.24) is 15.3 Å². The van der Waals surface area contributed by atoms with Crippen LogP contribution in [0.2, 0.25) is 0 Å². The second-order valence-corrected chi connectivity index (χ2v) is 8.77. The summed E-state index contributed by atoms with van der Waals surface area (Å²) in [6.07, 6.45) is -4.63. The molecule has 0 aliphatic carbocycles. The van der Waals surface area contributed by atoms with Gasteiger partial charge in [0.25, 0.3) is 11.8 Å². The first kappa shape index (κ1) is 25.8. The van der Waals surface area contributed by atoms with Crippen molar-refractivity contribution in [2.24, 2.45) is 0 Å². The molecular weight excluding hydrogens is 479 g/mol. The van der Waals surface area contributed by atoms with Crippen molar-refractivity contribution in [3.63, 3.8) is 0 Å². The van der Waals surface area contributed by atoms with Crippen molar-refractivity contribution in [2.45, 2.75) is 31.6 Å². The Bertz CT molecular complexity index is 945. The summed E-state index contributed by atoms with van der Waals surface area (Å²) in [5, 5.41) is 3.53. The Hall–Kier alpha value is -2.80. The standard InChI is InChI=1S/C21H24F3N3O6S/c1-2-33-27(15-9-18(29)32-11-15)17(28)10-26-6-7-34-12-16(20(26)31)25-19(30)13-4-3-5-14(8-13)21(22,23)24/h3-5,8,15-16H,2,6-7,9-12H2,1H3,(H,25,30). The van der Waals surface area contributed by atoms with Gasteiger partial charge in [-0.15, -0.1) is 0 Å². The molecule has 3 amide bonds. The molecule has 3 rings (SSSR count). The second kappa shape index (κ2) is 11.1. The highest BCUT2D eigenvalue weighted by Gasteiger charge is 2.37. The monoisotopic (exact) mass is 503 g/mol. The molecule has 34 heavy (non-hydrogen) atoms. The third-order valence-corrected chi connectivity index (χ3v) is 6.21. The lowest BCUT2D eigenvalue weighted by Crippen LogP contribution is -2.53. The Balaban J connectivity index is 1.68. The number of cyclic esters (lactones) is 1. The van der Waals surface area contributed by atoms with E-state index in [0.29, 0.717) is 5.75 Å². The molecule has 0 radical (unpaired) electrons. The summed E-state index contributed by atoms with van der Waals surface area (Å²) in [5.74, 6) is -1.66. The number of hydrogen-bond acceptors (Lipinski definition) is 7. The van der Waals surface area contributed by atoms with E-state index in [0.717, 1.165) is 23.3 Å². The summed E-state index contributed by atoms with van der Waals surface area (Å²) in [6, 6.07) is 2.28. The lowest BCUT2D eigenvalue weighted by molar-refractivity contribution is -0.199. The minimum absolute atomic E-state index is 0.00988.